The van der Waals surface area contributed by atoms with E-state index in [1.165, 1.54) is 22.0 Å². The highest BCUT2D eigenvalue weighted by Crippen LogP contribution is 2.36. The fourth-order valence-electron chi connectivity index (χ4n) is 7.00. The summed E-state index contributed by atoms with van der Waals surface area (Å²) in [6, 6.07) is 15.1. The number of amides is 1. The highest BCUT2D eigenvalue weighted by Gasteiger charge is 2.34. The normalized spacial score (nSPS) is 22.2. The highest BCUT2D eigenvalue weighted by molar-refractivity contribution is 5.97. The molecule has 10 heteroatoms. The molecule has 3 atom stereocenters. The van der Waals surface area contributed by atoms with Crippen molar-refractivity contribution in [3.63, 3.8) is 0 Å². The standard InChI is InChI=1S/C35H42FN7O2/c1-4-5-12-32(44)43-18-17-42(21-27(43)13-15-37)34-29-14-16-41(31-11-7-10-25-9-6-8-24(2)33(25)31)22-30(29)38-35(39-34)45-23-28-19-26(36)20-40(28)3/h5-12,26-28H,4,13-14,16-23H2,1-3H3/b12-5+/t26-,27+,28+/m1/s1. The molecule has 2 aromatic carbocycles. The van der Waals surface area contributed by atoms with Crippen molar-refractivity contribution in [3.8, 4) is 12.1 Å². The van der Waals surface area contributed by atoms with E-state index in [-0.39, 0.29) is 30.4 Å². The number of hydrogen-bond acceptors (Lipinski definition) is 8. The van der Waals surface area contributed by atoms with Crippen molar-refractivity contribution in [2.24, 2.45) is 0 Å². The summed E-state index contributed by atoms with van der Waals surface area (Å²) in [6.07, 6.45) is 4.82. The molecule has 0 unspecified atom stereocenters. The van der Waals surface area contributed by atoms with Crippen LogP contribution in [0.2, 0.25) is 0 Å². The quantitative estimate of drug-likeness (QED) is 0.335. The molecule has 0 saturated carbocycles. The van der Waals surface area contributed by atoms with Crippen molar-refractivity contribution in [1.82, 2.24) is 19.8 Å². The molecule has 3 aromatic rings. The molecule has 0 radical (unpaired) electrons. The zero-order valence-corrected chi connectivity index (χ0v) is 26.5. The van der Waals surface area contributed by atoms with Gasteiger partial charge in [0.1, 0.15) is 18.6 Å². The maximum Gasteiger partial charge on any atom is 0.318 e. The number of carbonyl (C=O) groups is 1. The molecule has 0 spiro atoms. The van der Waals surface area contributed by atoms with Crippen LogP contribution >= 0.6 is 0 Å². The van der Waals surface area contributed by atoms with Gasteiger partial charge in [-0.1, -0.05) is 43.3 Å². The maximum absolute atomic E-state index is 14.1. The number of likely N-dealkylation sites (tertiary alicyclic amines) is 1. The van der Waals surface area contributed by atoms with Crippen LogP contribution in [-0.2, 0) is 17.8 Å². The van der Waals surface area contributed by atoms with Gasteiger partial charge in [0.25, 0.3) is 0 Å². The zero-order valence-electron chi connectivity index (χ0n) is 26.5. The fraction of sp³-hybridized carbons (Fsp3) is 0.486. The molecule has 9 nitrogen and oxygen atoms in total. The van der Waals surface area contributed by atoms with Gasteiger partial charge >= 0.3 is 6.01 Å². The summed E-state index contributed by atoms with van der Waals surface area (Å²) in [4.78, 5) is 31.2. The SMILES string of the molecule is CC/C=C/C(=O)N1CCN(c2nc(OC[C@@H]3C[C@@H](F)CN3C)nc3c2CCN(c2cccc4cccc(C)c24)C3)C[C@@H]1CC#N. The van der Waals surface area contributed by atoms with Crippen molar-refractivity contribution in [3.05, 3.63) is 65.4 Å². The predicted molar refractivity (Wildman–Crippen MR) is 174 cm³/mol. The molecule has 236 valence electrons. The van der Waals surface area contributed by atoms with E-state index in [0.717, 1.165) is 36.5 Å². The largest absolute Gasteiger partial charge is 0.462 e. The summed E-state index contributed by atoms with van der Waals surface area (Å²) in [7, 11) is 1.92. The van der Waals surface area contributed by atoms with Gasteiger partial charge in [-0.15, -0.1) is 0 Å². The van der Waals surface area contributed by atoms with Crippen LogP contribution in [0.5, 0.6) is 6.01 Å². The highest BCUT2D eigenvalue weighted by atomic mass is 19.1. The number of alkyl halides is 1. The van der Waals surface area contributed by atoms with Crippen LogP contribution in [0.1, 0.15) is 43.0 Å². The number of anilines is 2. The molecule has 45 heavy (non-hydrogen) atoms. The van der Waals surface area contributed by atoms with Crippen molar-refractivity contribution in [1.29, 1.82) is 5.26 Å². The number of aromatic nitrogens is 2. The number of nitriles is 1. The number of benzene rings is 2. The van der Waals surface area contributed by atoms with E-state index < -0.39 is 6.17 Å². The van der Waals surface area contributed by atoms with Gasteiger partial charge in [-0.25, -0.2) is 4.39 Å². The molecule has 0 N–H and O–H groups in total. The van der Waals surface area contributed by atoms with Crippen LogP contribution in [-0.4, -0.2) is 90.3 Å². The van der Waals surface area contributed by atoms with Crippen molar-refractivity contribution in [2.45, 2.75) is 64.3 Å². The number of hydrogen-bond donors (Lipinski definition) is 0. The van der Waals surface area contributed by atoms with Gasteiger partial charge < -0.3 is 19.4 Å². The van der Waals surface area contributed by atoms with Crippen LogP contribution in [0.25, 0.3) is 10.8 Å². The third-order valence-electron chi connectivity index (χ3n) is 9.38. The first kappa shape index (κ1) is 30.8. The van der Waals surface area contributed by atoms with E-state index in [1.54, 1.807) is 6.08 Å². The van der Waals surface area contributed by atoms with Crippen molar-refractivity contribution in [2.75, 3.05) is 56.2 Å². The lowest BCUT2D eigenvalue weighted by Crippen LogP contribution is -2.55. The van der Waals surface area contributed by atoms with Gasteiger partial charge in [0, 0.05) is 55.4 Å². The third-order valence-corrected chi connectivity index (χ3v) is 9.38. The second kappa shape index (κ2) is 13.4. The Hall–Kier alpha value is -4.23. The number of ether oxygens (including phenoxy) is 1. The Morgan fingerprint density at radius 1 is 1.11 bits per heavy atom. The molecule has 3 aliphatic heterocycles. The second-order valence-corrected chi connectivity index (χ2v) is 12.4. The van der Waals surface area contributed by atoms with Crippen LogP contribution < -0.4 is 14.5 Å². The first-order valence-corrected chi connectivity index (χ1v) is 16.1. The zero-order chi connectivity index (χ0) is 31.5. The molecule has 0 bridgehead atoms. The summed E-state index contributed by atoms with van der Waals surface area (Å²) in [6.45, 7) is 7.87. The maximum atomic E-state index is 14.1. The summed E-state index contributed by atoms with van der Waals surface area (Å²) in [5, 5.41) is 12.1. The van der Waals surface area contributed by atoms with Gasteiger partial charge in [-0.3, -0.25) is 9.69 Å². The van der Waals surface area contributed by atoms with Gasteiger partial charge in [-0.05, 0) is 56.3 Å². The number of halogens is 1. The number of rotatable bonds is 8. The minimum Gasteiger partial charge on any atom is -0.462 e. The predicted octanol–water partition coefficient (Wildman–Crippen LogP) is 4.82. The van der Waals surface area contributed by atoms with E-state index in [1.807, 2.05) is 29.8 Å². The minimum atomic E-state index is -0.857. The molecule has 3 aliphatic rings. The van der Waals surface area contributed by atoms with Gasteiger partial charge in [0.2, 0.25) is 5.91 Å². The lowest BCUT2D eigenvalue weighted by molar-refractivity contribution is -0.128. The summed E-state index contributed by atoms with van der Waals surface area (Å²) in [5.74, 6) is 0.754. The molecular weight excluding hydrogens is 569 g/mol. The van der Waals surface area contributed by atoms with E-state index in [0.29, 0.717) is 45.8 Å². The Balaban J connectivity index is 1.32. The number of piperazine rings is 1. The van der Waals surface area contributed by atoms with E-state index >= 15 is 0 Å². The molecular formula is C35H42FN7O2. The number of fused-ring (bicyclic) bond motifs is 2. The summed E-state index contributed by atoms with van der Waals surface area (Å²) in [5.41, 5.74) is 4.41. The number of likely N-dealkylation sites (N-methyl/N-ethyl adjacent to an activating group) is 1. The number of aryl methyl sites for hydroxylation is 1. The first-order chi connectivity index (χ1) is 21.9. The van der Waals surface area contributed by atoms with E-state index in [2.05, 4.69) is 59.2 Å². The second-order valence-electron chi connectivity index (χ2n) is 12.4. The number of carbonyl (C=O) groups excluding carboxylic acids is 1. The van der Waals surface area contributed by atoms with E-state index in [9.17, 15) is 14.4 Å². The minimum absolute atomic E-state index is 0.0380. The molecule has 6 rings (SSSR count). The topological polar surface area (TPSA) is 88.8 Å². The molecule has 1 aromatic heterocycles. The Morgan fingerprint density at radius 3 is 2.69 bits per heavy atom. The van der Waals surface area contributed by atoms with Gasteiger partial charge in [-0.2, -0.15) is 15.2 Å². The molecule has 2 fully saturated rings. The number of nitrogens with zero attached hydrogens (tertiary/aromatic N) is 7. The van der Waals surface area contributed by atoms with Gasteiger partial charge in [0.05, 0.1) is 30.8 Å². The Labute approximate surface area is 264 Å². The van der Waals surface area contributed by atoms with Crippen molar-refractivity contribution < 1.29 is 13.9 Å². The lowest BCUT2D eigenvalue weighted by atomic mass is 9.99. The van der Waals surface area contributed by atoms with Crippen LogP contribution in [0.3, 0.4) is 0 Å². The number of allylic oxidation sites excluding steroid dienone is 1. The Bertz CT molecular complexity index is 1620. The third kappa shape index (κ3) is 6.45. The van der Waals surface area contributed by atoms with Crippen molar-refractivity contribution >= 4 is 28.2 Å². The van der Waals surface area contributed by atoms with E-state index in [4.69, 9.17) is 14.7 Å². The molecule has 4 heterocycles. The molecule has 1 amide bonds. The fourth-order valence-corrected chi connectivity index (χ4v) is 7.00. The first-order valence-electron chi connectivity index (χ1n) is 16.1. The Kier molecular flexibility index (Phi) is 9.17. The Morgan fingerprint density at radius 2 is 1.93 bits per heavy atom. The smallest absolute Gasteiger partial charge is 0.318 e. The monoisotopic (exact) mass is 611 g/mol. The molecule has 2 saturated heterocycles. The average molecular weight is 612 g/mol. The molecule has 0 aliphatic carbocycles. The summed E-state index contributed by atoms with van der Waals surface area (Å²) < 4.78 is 20.3. The van der Waals surface area contributed by atoms with Crippen LogP contribution in [0.4, 0.5) is 15.9 Å². The van der Waals surface area contributed by atoms with Crippen LogP contribution in [0, 0.1) is 18.3 Å². The van der Waals surface area contributed by atoms with Crippen LogP contribution in [0.15, 0.2) is 48.6 Å². The van der Waals surface area contributed by atoms with Gasteiger partial charge in [0.15, 0.2) is 0 Å². The average Bonchev–Trinajstić information content (AvgIpc) is 3.38. The lowest BCUT2D eigenvalue weighted by Gasteiger charge is -2.42. The summed E-state index contributed by atoms with van der Waals surface area (Å²) >= 11 is 0.